The number of carboxylic acid groups (broad SMARTS) is 1. The zero-order chi connectivity index (χ0) is 36.7. The quantitative estimate of drug-likeness (QED) is 0.0980. The third-order valence-corrected chi connectivity index (χ3v) is 9.05. The van der Waals surface area contributed by atoms with Gasteiger partial charge in [0.05, 0.1) is 25.7 Å². The molecular formula is C35H44N9O7+. The van der Waals surface area contributed by atoms with Gasteiger partial charge in [-0.1, -0.05) is 37.1 Å². The first-order valence-corrected chi connectivity index (χ1v) is 17.0. The van der Waals surface area contributed by atoms with E-state index in [-0.39, 0.29) is 12.8 Å². The molecule has 270 valence electrons. The van der Waals surface area contributed by atoms with E-state index < -0.39 is 78.6 Å². The molecule has 16 nitrogen and oxygen atoms in total. The van der Waals surface area contributed by atoms with E-state index in [9.17, 15) is 33.9 Å². The summed E-state index contributed by atoms with van der Waals surface area (Å²) in [5.74, 6) is -5.28. The van der Waals surface area contributed by atoms with Crippen molar-refractivity contribution in [3.05, 3.63) is 66.7 Å². The maximum Gasteiger partial charge on any atom is 0.307 e. The Labute approximate surface area is 293 Å². The van der Waals surface area contributed by atoms with Gasteiger partial charge in [0.25, 0.3) is 0 Å². The van der Waals surface area contributed by atoms with Gasteiger partial charge in [0, 0.05) is 36.6 Å². The van der Waals surface area contributed by atoms with E-state index in [0.717, 1.165) is 16.6 Å². The van der Waals surface area contributed by atoms with E-state index >= 15 is 0 Å². The molecule has 3 aromatic heterocycles. The maximum atomic E-state index is 14.2. The Bertz CT molecular complexity index is 1920. The van der Waals surface area contributed by atoms with E-state index in [1.165, 1.54) is 11.9 Å². The minimum Gasteiger partial charge on any atom is -0.481 e. The number of unbranched alkanes of at least 4 members (excludes halogenated alkanes) is 1. The number of amides is 5. The summed E-state index contributed by atoms with van der Waals surface area (Å²) in [4.78, 5) is 84.2. The van der Waals surface area contributed by atoms with Crippen molar-refractivity contribution in [1.29, 1.82) is 0 Å². The van der Waals surface area contributed by atoms with E-state index in [0.29, 0.717) is 24.9 Å². The lowest BCUT2D eigenvalue weighted by Crippen LogP contribution is -2.59. The molecule has 4 heterocycles. The number of carboxylic acids is 1. The Morgan fingerprint density at radius 3 is 2.49 bits per heavy atom. The third kappa shape index (κ3) is 8.87. The average Bonchev–Trinajstić information content (AvgIpc) is 3.70. The van der Waals surface area contributed by atoms with E-state index in [1.807, 2.05) is 53.4 Å². The predicted molar refractivity (Wildman–Crippen MR) is 184 cm³/mol. The lowest BCUT2D eigenvalue weighted by Gasteiger charge is -2.34. The summed E-state index contributed by atoms with van der Waals surface area (Å²) < 4.78 is 3.77. The summed E-state index contributed by atoms with van der Waals surface area (Å²) in [5, 5.41) is 25.0. The fourth-order valence-electron chi connectivity index (χ4n) is 6.50. The van der Waals surface area contributed by atoms with Gasteiger partial charge in [-0.25, -0.2) is 4.57 Å². The second kappa shape index (κ2) is 16.3. The van der Waals surface area contributed by atoms with Crippen molar-refractivity contribution in [3.63, 3.8) is 0 Å². The fourth-order valence-corrected chi connectivity index (χ4v) is 6.50. The fraction of sp³-hybridized carbons (Fsp3) is 0.429. The molecule has 0 bridgehead atoms. The number of para-hydroxylation sites is 1. The maximum absolute atomic E-state index is 14.2. The molecule has 1 aliphatic heterocycles. The summed E-state index contributed by atoms with van der Waals surface area (Å²) in [6.07, 6.45) is 7.82. The van der Waals surface area contributed by atoms with Crippen molar-refractivity contribution in [2.24, 2.45) is 5.92 Å². The van der Waals surface area contributed by atoms with Crippen molar-refractivity contribution in [3.8, 4) is 0 Å². The molecule has 0 spiro atoms. The number of aromatic amines is 1. The van der Waals surface area contributed by atoms with Crippen LogP contribution in [0, 0.1) is 5.92 Å². The van der Waals surface area contributed by atoms with Crippen LogP contribution < -0.4 is 25.8 Å². The van der Waals surface area contributed by atoms with Crippen LogP contribution in [0.15, 0.2) is 61.2 Å². The number of hydrogen-bond acceptors (Lipinski definition) is 7. The Hall–Kier alpha value is -5.80. The molecule has 0 aliphatic carbocycles. The number of hydrogen-bond donors (Lipinski definition) is 6. The highest BCUT2D eigenvalue weighted by molar-refractivity contribution is 5.98. The van der Waals surface area contributed by atoms with Gasteiger partial charge < -0.3 is 36.3 Å². The number of benzene rings is 1. The first kappa shape index (κ1) is 36.5. The van der Waals surface area contributed by atoms with Gasteiger partial charge in [-0.05, 0) is 42.9 Å². The number of aliphatic carboxylic acids is 1. The summed E-state index contributed by atoms with van der Waals surface area (Å²) in [7, 11) is 1.46. The van der Waals surface area contributed by atoms with Crippen LogP contribution in [0.25, 0.3) is 16.6 Å². The number of rotatable bonds is 10. The molecule has 0 radical (unpaired) electrons. The first-order valence-electron chi connectivity index (χ1n) is 17.0. The Kier molecular flexibility index (Phi) is 11.6. The molecule has 1 fully saturated rings. The van der Waals surface area contributed by atoms with Crippen LogP contribution in [0.1, 0.15) is 45.1 Å². The number of aryl methyl sites for hydroxylation is 1. The van der Waals surface area contributed by atoms with Crippen LogP contribution in [0.5, 0.6) is 0 Å². The minimum absolute atomic E-state index is 0.00696. The van der Waals surface area contributed by atoms with Gasteiger partial charge in [0.15, 0.2) is 6.20 Å². The van der Waals surface area contributed by atoms with Gasteiger partial charge in [0.1, 0.15) is 30.4 Å². The Morgan fingerprint density at radius 2 is 1.73 bits per heavy atom. The molecule has 5 amide bonds. The number of carbonyl (C=O) groups is 6. The van der Waals surface area contributed by atoms with Crippen LogP contribution >= 0.6 is 0 Å². The molecule has 1 aliphatic rings. The highest BCUT2D eigenvalue weighted by atomic mass is 16.4. The topological polar surface area (TPSA) is 212 Å². The monoisotopic (exact) mass is 702 g/mol. The smallest absolute Gasteiger partial charge is 0.307 e. The molecular weight excluding hydrogens is 658 g/mol. The number of imidazole rings is 1. The molecule has 51 heavy (non-hydrogen) atoms. The average molecular weight is 703 g/mol. The standard InChI is InChI=1S/C35H43N9O7/c1-21(2)31-34(50)40-25(11-6-7-14-43-15-16-44-29(43)12-8-13-38-44)32(48)37-20-28(45)39-26(18-30(46)47)33(49)41-27(35(51)42(31)3)17-22-19-36-24-10-5-4-9-23(22)24/h4-5,8-10,12-13,15-16,19,21,25-27,31,36H,6-7,11,14,17-18,20H2,1-3H3,(H4-,37,39,40,41,45,46,47,48,49,50)/p+1/t25-,26?,27+,31?/m0/s1. The number of nitrogens with one attached hydrogen (secondary N) is 5. The SMILES string of the molecule is CC(C)C1C(=O)N[C@@H](CCCCn2cc[n+]3ncccc23)C(=O)NCC(=O)NC(CC(=O)O)C(=O)N[C@H](Cc2c[nH]c3ccccc23)C(=O)N1C. The van der Waals surface area contributed by atoms with E-state index in [2.05, 4.69) is 31.3 Å². The predicted octanol–water partition coefficient (Wildman–Crippen LogP) is 0.0580. The van der Waals surface area contributed by atoms with E-state index in [1.54, 1.807) is 30.8 Å². The van der Waals surface area contributed by atoms with Gasteiger partial charge in [-0.15, -0.1) is 4.52 Å². The van der Waals surface area contributed by atoms with Crippen molar-refractivity contribution in [2.75, 3.05) is 13.6 Å². The molecule has 16 heteroatoms. The second-order valence-corrected chi connectivity index (χ2v) is 13.1. The van der Waals surface area contributed by atoms with Gasteiger partial charge in [-0.2, -0.15) is 0 Å². The summed E-state index contributed by atoms with van der Waals surface area (Å²) >= 11 is 0. The van der Waals surface area contributed by atoms with Crippen LogP contribution in [0.2, 0.25) is 0 Å². The Balaban J connectivity index is 1.40. The van der Waals surface area contributed by atoms with Gasteiger partial charge >= 0.3 is 11.6 Å². The van der Waals surface area contributed by atoms with Gasteiger partial charge in [-0.3, -0.25) is 28.8 Å². The molecule has 2 unspecified atom stereocenters. The Morgan fingerprint density at radius 1 is 0.961 bits per heavy atom. The normalized spacial score (nSPS) is 21.2. The molecule has 0 saturated carbocycles. The zero-order valence-corrected chi connectivity index (χ0v) is 28.8. The van der Waals surface area contributed by atoms with Crippen molar-refractivity contribution in [1.82, 2.24) is 40.8 Å². The minimum atomic E-state index is -1.55. The van der Waals surface area contributed by atoms with Crippen molar-refractivity contribution < 1.29 is 38.4 Å². The van der Waals surface area contributed by atoms with Crippen LogP contribution in [-0.2, 0) is 41.7 Å². The summed E-state index contributed by atoms with van der Waals surface area (Å²) in [6, 6.07) is 6.33. The van der Waals surface area contributed by atoms with Crippen LogP contribution in [0.3, 0.4) is 0 Å². The largest absolute Gasteiger partial charge is 0.481 e. The second-order valence-electron chi connectivity index (χ2n) is 13.1. The number of H-pyrrole nitrogens is 1. The molecule has 4 aromatic rings. The molecule has 1 saturated heterocycles. The highest BCUT2D eigenvalue weighted by Crippen LogP contribution is 2.21. The molecule has 1 aromatic carbocycles. The number of carbonyl (C=O) groups excluding carboxylic acids is 5. The third-order valence-electron chi connectivity index (χ3n) is 9.05. The molecule has 6 N–H and O–H groups in total. The van der Waals surface area contributed by atoms with Crippen molar-refractivity contribution in [2.45, 2.75) is 76.7 Å². The van der Waals surface area contributed by atoms with E-state index in [4.69, 9.17) is 0 Å². The number of aromatic nitrogens is 4. The zero-order valence-electron chi connectivity index (χ0n) is 28.8. The lowest BCUT2D eigenvalue weighted by atomic mass is 9.98. The highest BCUT2D eigenvalue weighted by Gasteiger charge is 2.37. The number of likely N-dealkylation sites (N-methyl/N-ethyl adjacent to an activating group) is 1. The summed E-state index contributed by atoms with van der Waals surface area (Å²) in [6.45, 7) is 3.59. The summed E-state index contributed by atoms with van der Waals surface area (Å²) in [5.41, 5.74) is 2.42. The lowest BCUT2D eigenvalue weighted by molar-refractivity contribution is -0.579. The number of nitrogens with zero attached hydrogens (tertiary/aromatic N) is 4. The van der Waals surface area contributed by atoms with Crippen molar-refractivity contribution >= 4 is 52.1 Å². The molecule has 5 rings (SSSR count). The molecule has 4 atom stereocenters. The van der Waals surface area contributed by atoms with Crippen LogP contribution in [0.4, 0.5) is 0 Å². The first-order chi connectivity index (χ1) is 24.4. The van der Waals surface area contributed by atoms with Crippen LogP contribution in [-0.4, -0.2) is 97.9 Å². The number of fused-ring (bicyclic) bond motifs is 2. The van der Waals surface area contributed by atoms with Gasteiger partial charge in [0.2, 0.25) is 29.5 Å².